The van der Waals surface area contributed by atoms with Crippen LogP contribution in [0.3, 0.4) is 0 Å². The van der Waals surface area contributed by atoms with Crippen molar-refractivity contribution < 1.29 is 0 Å². The third kappa shape index (κ3) is 4.01. The molecule has 1 heterocycles. The van der Waals surface area contributed by atoms with E-state index in [9.17, 15) is 0 Å². The number of nitrogens with one attached hydrogen (secondary N) is 1. The van der Waals surface area contributed by atoms with Gasteiger partial charge in [-0.25, -0.2) is 9.98 Å². The van der Waals surface area contributed by atoms with Gasteiger partial charge in [0, 0.05) is 16.3 Å². The highest BCUT2D eigenvalue weighted by Gasteiger charge is 2.17. The van der Waals surface area contributed by atoms with E-state index in [1.165, 1.54) is 0 Å². The molecule has 0 atom stereocenters. The van der Waals surface area contributed by atoms with Crippen molar-refractivity contribution in [3.63, 3.8) is 0 Å². The lowest BCUT2D eigenvalue weighted by atomic mass is 10.1. The predicted molar refractivity (Wildman–Crippen MR) is 114 cm³/mol. The minimum absolute atomic E-state index is 0.588. The van der Waals surface area contributed by atoms with Gasteiger partial charge in [-0.1, -0.05) is 41.9 Å². The summed E-state index contributed by atoms with van der Waals surface area (Å²) in [5.41, 5.74) is 4.89. The van der Waals surface area contributed by atoms with Crippen LogP contribution in [0.1, 0.15) is 11.1 Å². The van der Waals surface area contributed by atoms with Crippen LogP contribution >= 0.6 is 11.6 Å². The molecule has 4 nitrogen and oxygen atoms in total. The maximum atomic E-state index is 8.97. The summed E-state index contributed by atoms with van der Waals surface area (Å²) in [6.07, 6.45) is 1.97. The van der Waals surface area contributed by atoms with Crippen molar-refractivity contribution >= 4 is 34.5 Å². The minimum Gasteiger partial charge on any atom is -0.352 e. The fourth-order valence-corrected chi connectivity index (χ4v) is 2.89. The fourth-order valence-electron chi connectivity index (χ4n) is 2.76. The lowest BCUT2D eigenvalue weighted by Crippen LogP contribution is -2.06. The summed E-state index contributed by atoms with van der Waals surface area (Å²) in [6, 6.07) is 26.7. The van der Waals surface area contributed by atoms with Gasteiger partial charge in [0.2, 0.25) is 0 Å². The second-order valence-electron chi connectivity index (χ2n) is 6.15. The van der Waals surface area contributed by atoms with Gasteiger partial charge >= 0.3 is 0 Å². The number of nitriles is 1. The van der Waals surface area contributed by atoms with Crippen LogP contribution in [0.25, 0.3) is 0 Å². The van der Waals surface area contributed by atoms with Crippen LogP contribution in [-0.4, -0.2) is 11.5 Å². The lowest BCUT2D eigenvalue weighted by Gasteiger charge is -2.07. The van der Waals surface area contributed by atoms with Crippen LogP contribution in [-0.2, 0) is 0 Å². The zero-order valence-electron chi connectivity index (χ0n) is 14.8. The molecule has 1 aliphatic rings. The molecule has 0 unspecified atom stereocenters. The molecule has 3 aromatic carbocycles. The Hall–Kier alpha value is -3.68. The van der Waals surface area contributed by atoms with Crippen molar-refractivity contribution in [3.8, 4) is 6.07 Å². The Morgan fingerprint density at radius 2 is 1.61 bits per heavy atom. The number of hydrogen-bond donors (Lipinski definition) is 1. The van der Waals surface area contributed by atoms with Crippen LogP contribution in [0.15, 0.2) is 101 Å². The Morgan fingerprint density at radius 3 is 2.29 bits per heavy atom. The highest BCUT2D eigenvalue weighted by atomic mass is 35.5. The molecule has 0 saturated heterocycles. The van der Waals surface area contributed by atoms with Gasteiger partial charge < -0.3 is 5.32 Å². The minimum atomic E-state index is 0.588. The maximum absolute atomic E-state index is 8.97. The number of anilines is 1. The quantitative estimate of drug-likeness (QED) is 0.625. The van der Waals surface area contributed by atoms with Gasteiger partial charge in [0.15, 0.2) is 5.84 Å². The first kappa shape index (κ1) is 17.7. The summed E-state index contributed by atoms with van der Waals surface area (Å²) in [5.74, 6) is 0.588. The SMILES string of the molecule is N#Cc1ccc(NC2=CC(c3ccccc3)=NC2=Nc2ccc(Cl)cc2)cc1. The third-order valence-corrected chi connectivity index (χ3v) is 4.42. The van der Waals surface area contributed by atoms with Gasteiger partial charge in [0.05, 0.1) is 28.7 Å². The monoisotopic (exact) mass is 382 g/mol. The third-order valence-electron chi connectivity index (χ3n) is 4.17. The molecule has 0 spiro atoms. The van der Waals surface area contributed by atoms with E-state index in [1.807, 2.05) is 60.7 Å². The van der Waals surface area contributed by atoms with Gasteiger partial charge in [-0.3, -0.25) is 0 Å². The average Bonchev–Trinajstić information content (AvgIpc) is 3.13. The predicted octanol–water partition coefficient (Wildman–Crippen LogP) is 5.74. The van der Waals surface area contributed by atoms with E-state index in [2.05, 4.69) is 16.4 Å². The normalized spacial score (nSPS) is 14.4. The van der Waals surface area contributed by atoms with E-state index in [4.69, 9.17) is 21.9 Å². The first-order chi connectivity index (χ1) is 13.7. The first-order valence-electron chi connectivity index (χ1n) is 8.69. The molecule has 0 aromatic heterocycles. The highest BCUT2D eigenvalue weighted by Crippen LogP contribution is 2.23. The number of aliphatic imine (C=N–C) groups is 2. The molecule has 0 fully saturated rings. The molecule has 0 saturated carbocycles. The number of nitrogens with zero attached hydrogens (tertiary/aromatic N) is 3. The topological polar surface area (TPSA) is 60.5 Å². The van der Waals surface area contributed by atoms with Crippen molar-refractivity contribution in [2.75, 3.05) is 5.32 Å². The Bertz CT molecular complexity index is 1120. The Kier molecular flexibility index (Phi) is 5.01. The molecule has 0 bridgehead atoms. The van der Waals surface area contributed by atoms with E-state index >= 15 is 0 Å². The molecule has 0 aliphatic carbocycles. The number of amidine groups is 1. The van der Waals surface area contributed by atoms with Crippen molar-refractivity contribution in [1.29, 1.82) is 5.26 Å². The van der Waals surface area contributed by atoms with Crippen LogP contribution in [0.2, 0.25) is 5.02 Å². The van der Waals surface area contributed by atoms with Crippen LogP contribution in [0.5, 0.6) is 0 Å². The van der Waals surface area contributed by atoms with E-state index in [-0.39, 0.29) is 0 Å². The number of halogens is 1. The number of hydrogen-bond acceptors (Lipinski definition) is 3. The summed E-state index contributed by atoms with van der Waals surface area (Å²) in [6.45, 7) is 0. The number of benzene rings is 3. The number of allylic oxidation sites excluding steroid dienone is 1. The summed E-state index contributed by atoms with van der Waals surface area (Å²) in [4.78, 5) is 9.39. The second-order valence-corrected chi connectivity index (χ2v) is 6.58. The van der Waals surface area contributed by atoms with Gasteiger partial charge in [-0.05, 0) is 54.6 Å². The second kappa shape index (κ2) is 7.91. The van der Waals surface area contributed by atoms with E-state index in [1.54, 1.807) is 24.3 Å². The van der Waals surface area contributed by atoms with Gasteiger partial charge in [0.25, 0.3) is 0 Å². The van der Waals surface area contributed by atoms with Crippen LogP contribution in [0, 0.1) is 11.3 Å². The van der Waals surface area contributed by atoms with E-state index in [0.717, 1.165) is 28.3 Å². The molecule has 0 radical (unpaired) electrons. The summed E-state index contributed by atoms with van der Waals surface area (Å²) in [7, 11) is 0. The first-order valence-corrected chi connectivity index (χ1v) is 9.07. The van der Waals surface area contributed by atoms with Crippen molar-refractivity contribution in [3.05, 3.63) is 107 Å². The van der Waals surface area contributed by atoms with Crippen LogP contribution in [0.4, 0.5) is 11.4 Å². The summed E-state index contributed by atoms with van der Waals surface area (Å²) in [5, 5.41) is 13.0. The fraction of sp³-hybridized carbons (Fsp3) is 0. The molecule has 28 heavy (non-hydrogen) atoms. The standard InChI is InChI=1S/C23H15ClN4/c24-18-8-12-20(13-9-18)27-23-22(26-19-10-6-16(15-25)7-11-19)14-21(28-23)17-4-2-1-3-5-17/h1-14H,(H,26,27,28). The van der Waals surface area contributed by atoms with Gasteiger partial charge in [0.1, 0.15) is 0 Å². The molecule has 134 valence electrons. The number of rotatable bonds is 4. The molecular formula is C23H15ClN4. The summed E-state index contributed by atoms with van der Waals surface area (Å²) < 4.78 is 0. The van der Waals surface area contributed by atoms with E-state index < -0.39 is 0 Å². The molecule has 5 heteroatoms. The van der Waals surface area contributed by atoms with Gasteiger partial charge in [-0.15, -0.1) is 0 Å². The molecular weight excluding hydrogens is 368 g/mol. The maximum Gasteiger partial charge on any atom is 0.177 e. The zero-order chi connectivity index (χ0) is 19.3. The van der Waals surface area contributed by atoms with Gasteiger partial charge in [-0.2, -0.15) is 5.26 Å². The smallest absolute Gasteiger partial charge is 0.177 e. The summed E-state index contributed by atoms with van der Waals surface area (Å²) >= 11 is 5.97. The molecule has 3 aromatic rings. The highest BCUT2D eigenvalue weighted by molar-refractivity contribution is 6.30. The molecule has 0 amide bonds. The molecule has 1 aliphatic heterocycles. The average molecular weight is 383 g/mol. The Balaban J connectivity index is 1.69. The Labute approximate surface area is 168 Å². The van der Waals surface area contributed by atoms with Crippen molar-refractivity contribution in [1.82, 2.24) is 0 Å². The van der Waals surface area contributed by atoms with E-state index in [0.29, 0.717) is 16.4 Å². The molecule has 4 rings (SSSR count). The largest absolute Gasteiger partial charge is 0.352 e. The Morgan fingerprint density at radius 1 is 0.893 bits per heavy atom. The lowest BCUT2D eigenvalue weighted by molar-refractivity contribution is 1.43. The zero-order valence-corrected chi connectivity index (χ0v) is 15.6. The van der Waals surface area contributed by atoms with Crippen molar-refractivity contribution in [2.45, 2.75) is 0 Å². The molecule has 1 N–H and O–H groups in total. The van der Waals surface area contributed by atoms with Crippen LogP contribution < -0.4 is 5.32 Å². The van der Waals surface area contributed by atoms with Crippen molar-refractivity contribution in [2.24, 2.45) is 9.98 Å².